The van der Waals surface area contributed by atoms with Crippen molar-refractivity contribution < 1.29 is 46.1 Å². The van der Waals surface area contributed by atoms with Crippen LogP contribution in [0.3, 0.4) is 0 Å². The molecule has 2 aromatic carbocycles. The van der Waals surface area contributed by atoms with Crippen LogP contribution in [0, 0.1) is 20.2 Å². The monoisotopic (exact) mass is 707 g/mol. The van der Waals surface area contributed by atoms with Gasteiger partial charge in [-0.1, -0.05) is 0 Å². The first-order chi connectivity index (χ1) is 23.2. The van der Waals surface area contributed by atoms with E-state index in [1.54, 1.807) is 24.3 Å². The number of hydrogen-bond acceptors (Lipinski definition) is 14. The molecule has 0 saturated heterocycles. The number of nitrogens with zero attached hydrogens (tertiary/aromatic N) is 6. The second-order valence-corrected chi connectivity index (χ2v) is 9.72. The van der Waals surface area contributed by atoms with Gasteiger partial charge in [-0.25, -0.2) is 0 Å². The van der Waals surface area contributed by atoms with Gasteiger partial charge in [-0.3, -0.25) is 60.2 Å². The number of carbonyl (C=O) groups excluding carboxylic acids is 4. The van der Waals surface area contributed by atoms with Crippen LogP contribution < -0.4 is 10.9 Å². The van der Waals surface area contributed by atoms with Gasteiger partial charge in [0.2, 0.25) is 11.6 Å². The Labute approximate surface area is 286 Å². The Balaban J connectivity index is 0.000000216. The van der Waals surface area contributed by atoms with Crippen LogP contribution in [-0.4, -0.2) is 55.4 Å². The van der Waals surface area contributed by atoms with Crippen LogP contribution in [0.4, 0.5) is 22.7 Å². The average Bonchev–Trinajstić information content (AvgIpc) is 3.12. The van der Waals surface area contributed by atoms with Crippen molar-refractivity contribution in [2.24, 2.45) is 10.2 Å². The number of allylic oxidation sites excluding steroid dienone is 4. The molecule has 2 aromatic heterocycles. The second-order valence-electron chi connectivity index (χ2n) is 9.72. The molecule has 247 valence electrons. The van der Waals surface area contributed by atoms with Crippen molar-refractivity contribution in [2.45, 2.75) is 0 Å². The van der Waals surface area contributed by atoms with Crippen molar-refractivity contribution in [2.75, 3.05) is 10.9 Å². The van der Waals surface area contributed by atoms with E-state index in [1.807, 2.05) is 0 Å². The van der Waals surface area contributed by atoms with E-state index < -0.39 is 21.4 Å². The Morgan fingerprint density at radius 3 is 1.31 bits per heavy atom. The van der Waals surface area contributed by atoms with E-state index in [4.69, 9.17) is 0 Å². The standard InChI is InChI=1S/2C16H10N4O4.Cu/c2*21-9-10-8-14(13-2-1-7-17-15(13)16(10)22)19-18-11-3-5-12(6-4-11)20(23)24;/h2*1-9,18H;/b2*19-14-;. The van der Waals surface area contributed by atoms with Gasteiger partial charge in [-0.2, -0.15) is 10.2 Å². The molecule has 0 bridgehead atoms. The predicted molar refractivity (Wildman–Crippen MR) is 172 cm³/mol. The summed E-state index contributed by atoms with van der Waals surface area (Å²) in [7, 11) is 0. The minimum absolute atomic E-state index is 0. The fourth-order valence-corrected chi connectivity index (χ4v) is 4.37. The maximum absolute atomic E-state index is 12.1. The van der Waals surface area contributed by atoms with Crippen LogP contribution >= 0.6 is 0 Å². The predicted octanol–water partition coefficient (Wildman–Crippen LogP) is 4.25. The van der Waals surface area contributed by atoms with Gasteiger partial charge in [-0.15, -0.1) is 0 Å². The second kappa shape index (κ2) is 15.6. The maximum atomic E-state index is 12.1. The molecule has 16 nitrogen and oxygen atoms in total. The number of benzene rings is 2. The third-order valence-corrected chi connectivity index (χ3v) is 6.73. The van der Waals surface area contributed by atoms with E-state index >= 15 is 0 Å². The van der Waals surface area contributed by atoms with Gasteiger partial charge in [0.15, 0.2) is 12.6 Å². The number of nitro groups is 2. The van der Waals surface area contributed by atoms with Crippen molar-refractivity contribution in [1.29, 1.82) is 0 Å². The molecule has 0 amide bonds. The number of non-ortho nitro benzene ring substituents is 2. The zero-order valence-electron chi connectivity index (χ0n) is 24.6. The number of aldehydes is 2. The Morgan fingerprint density at radius 2 is 0.980 bits per heavy atom. The number of pyridine rings is 2. The summed E-state index contributed by atoms with van der Waals surface area (Å²) in [6, 6.07) is 18.1. The number of aromatic nitrogens is 2. The van der Waals surface area contributed by atoms with Crippen molar-refractivity contribution in [3.63, 3.8) is 0 Å². The Morgan fingerprint density at radius 1 is 0.612 bits per heavy atom. The molecule has 0 atom stereocenters. The number of hydrazone groups is 2. The van der Waals surface area contributed by atoms with E-state index in [1.165, 1.54) is 73.1 Å². The molecule has 6 rings (SSSR count). The summed E-state index contributed by atoms with van der Waals surface area (Å²) in [5.74, 6) is -0.898. The minimum atomic E-state index is -0.497. The van der Waals surface area contributed by atoms with Gasteiger partial charge < -0.3 is 0 Å². The molecule has 0 aliphatic heterocycles. The van der Waals surface area contributed by atoms with E-state index in [2.05, 4.69) is 31.0 Å². The zero-order valence-corrected chi connectivity index (χ0v) is 25.6. The van der Waals surface area contributed by atoms with Gasteiger partial charge >= 0.3 is 0 Å². The summed E-state index contributed by atoms with van der Waals surface area (Å²) in [5, 5.41) is 29.6. The Kier molecular flexibility index (Phi) is 11.2. The fourth-order valence-electron chi connectivity index (χ4n) is 4.37. The summed E-state index contributed by atoms with van der Waals surface area (Å²) in [5.41, 5.74) is 8.47. The first kappa shape index (κ1) is 35.0. The Bertz CT molecular complexity index is 1960. The van der Waals surface area contributed by atoms with Gasteiger partial charge in [0.05, 0.1) is 43.8 Å². The normalized spacial score (nSPS) is 14.4. The maximum Gasteiger partial charge on any atom is 0.269 e. The fraction of sp³-hybridized carbons (Fsp3) is 0. The topological polar surface area (TPSA) is 229 Å². The molecule has 17 heteroatoms. The number of nitro benzene ring substituents is 2. The van der Waals surface area contributed by atoms with Crippen LogP contribution in [0.25, 0.3) is 0 Å². The Hall–Kier alpha value is -6.84. The minimum Gasteiger partial charge on any atom is -0.298 e. The molecule has 2 N–H and O–H groups in total. The summed E-state index contributed by atoms with van der Waals surface area (Å²) in [6.45, 7) is 0. The average molecular weight is 708 g/mol. The third kappa shape index (κ3) is 7.94. The van der Waals surface area contributed by atoms with E-state index in [9.17, 15) is 39.4 Å². The molecule has 0 unspecified atom stereocenters. The summed E-state index contributed by atoms with van der Waals surface area (Å²) in [4.78, 5) is 74.5. The number of Topliss-reactive ketones (excluding diaryl/α,β-unsaturated/α-hetero) is 2. The molecule has 2 aliphatic carbocycles. The van der Waals surface area contributed by atoms with Gasteiger partial charge in [0, 0.05) is 64.9 Å². The summed E-state index contributed by atoms with van der Waals surface area (Å²) < 4.78 is 0. The van der Waals surface area contributed by atoms with Crippen LogP contribution in [0.1, 0.15) is 32.1 Å². The molecule has 0 fully saturated rings. The zero-order chi connectivity index (χ0) is 34.2. The van der Waals surface area contributed by atoms with Crippen molar-refractivity contribution in [3.05, 3.63) is 151 Å². The quantitative estimate of drug-likeness (QED) is 0.0861. The first-order valence-electron chi connectivity index (χ1n) is 13.7. The SMILES string of the molecule is O=CC1=C/C(=N/Nc2ccc([N+](=O)[O-])cc2)c2cccnc2C1=O.O=CC1=C/C(=N/Nc2ccc([N+](=O)[O-])cc2)c2cccnc2C1=O.[Cu]. The van der Waals surface area contributed by atoms with Crippen LogP contribution in [0.5, 0.6) is 0 Å². The number of carbonyl (C=O) groups is 4. The van der Waals surface area contributed by atoms with E-state index in [0.717, 1.165) is 0 Å². The third-order valence-electron chi connectivity index (χ3n) is 6.73. The molecule has 4 aromatic rings. The number of hydrogen-bond donors (Lipinski definition) is 2. The molecular weight excluding hydrogens is 688 g/mol. The summed E-state index contributed by atoms with van der Waals surface area (Å²) >= 11 is 0. The number of ketones is 2. The molecule has 2 aliphatic rings. The van der Waals surface area contributed by atoms with E-state index in [0.29, 0.717) is 46.5 Å². The summed E-state index contributed by atoms with van der Waals surface area (Å²) in [6.07, 6.45) is 6.59. The number of anilines is 2. The molecule has 2 heterocycles. The molecule has 1 radical (unpaired) electrons. The van der Waals surface area contributed by atoms with Gasteiger partial charge in [0.1, 0.15) is 11.4 Å². The van der Waals surface area contributed by atoms with E-state index in [-0.39, 0.29) is 51.0 Å². The molecule has 0 spiro atoms. The number of nitrogens with one attached hydrogen (secondary N) is 2. The van der Waals surface area contributed by atoms with Crippen LogP contribution in [-0.2, 0) is 26.7 Å². The first-order valence-corrected chi connectivity index (χ1v) is 13.7. The van der Waals surface area contributed by atoms with Gasteiger partial charge in [-0.05, 0) is 60.7 Å². The van der Waals surface area contributed by atoms with Crippen molar-refractivity contribution in [1.82, 2.24) is 9.97 Å². The molecular formula is C32H20CuN8O8. The number of fused-ring (bicyclic) bond motifs is 2. The van der Waals surface area contributed by atoms with Crippen LogP contribution in [0.2, 0.25) is 0 Å². The molecule has 0 saturated carbocycles. The van der Waals surface area contributed by atoms with Crippen molar-refractivity contribution in [3.8, 4) is 0 Å². The molecule has 49 heavy (non-hydrogen) atoms. The number of rotatable bonds is 8. The van der Waals surface area contributed by atoms with Crippen molar-refractivity contribution >= 4 is 58.3 Å². The van der Waals surface area contributed by atoms with Crippen LogP contribution in [0.15, 0.2) is 119 Å². The van der Waals surface area contributed by atoms with Gasteiger partial charge in [0.25, 0.3) is 11.4 Å². The smallest absolute Gasteiger partial charge is 0.269 e. The largest absolute Gasteiger partial charge is 0.298 e.